The third kappa shape index (κ3) is 3.76. The maximum absolute atomic E-state index is 9.58. The number of anilines is 2. The van der Waals surface area contributed by atoms with Crippen molar-refractivity contribution in [2.24, 2.45) is 28.9 Å². The summed E-state index contributed by atoms with van der Waals surface area (Å²) in [5, 5.41) is 16.5. The van der Waals surface area contributed by atoms with Crippen molar-refractivity contribution < 1.29 is 0 Å². The Hall–Kier alpha value is -2.65. The molecule has 162 valence electrons. The first-order valence-electron chi connectivity index (χ1n) is 11.5. The molecule has 6 nitrogen and oxygen atoms in total. The van der Waals surface area contributed by atoms with Gasteiger partial charge in [0.25, 0.3) is 0 Å². The quantitative estimate of drug-likeness (QED) is 0.654. The highest BCUT2D eigenvalue weighted by atomic mass is 15.1. The van der Waals surface area contributed by atoms with Gasteiger partial charge in [0.15, 0.2) is 0 Å². The van der Waals surface area contributed by atoms with Crippen molar-refractivity contribution >= 4 is 11.8 Å². The van der Waals surface area contributed by atoms with Crippen molar-refractivity contribution in [1.29, 1.82) is 5.26 Å². The second kappa shape index (κ2) is 7.80. The van der Waals surface area contributed by atoms with Crippen molar-refractivity contribution in [3.63, 3.8) is 0 Å². The summed E-state index contributed by atoms with van der Waals surface area (Å²) in [6.45, 7) is 5.77. The van der Waals surface area contributed by atoms with Gasteiger partial charge in [-0.15, -0.1) is 0 Å². The molecule has 0 aliphatic heterocycles. The van der Waals surface area contributed by atoms with Crippen LogP contribution in [0.5, 0.6) is 0 Å². The fourth-order valence-electron chi connectivity index (χ4n) is 6.70. The largest absolute Gasteiger partial charge is 0.368 e. The zero-order valence-electron chi connectivity index (χ0n) is 18.5. The predicted molar refractivity (Wildman–Crippen MR) is 122 cm³/mol. The summed E-state index contributed by atoms with van der Waals surface area (Å²) in [5.74, 6) is 3.36. The van der Waals surface area contributed by atoms with Gasteiger partial charge in [-0.05, 0) is 85.8 Å². The molecule has 0 radical (unpaired) electrons. The summed E-state index contributed by atoms with van der Waals surface area (Å²) < 4.78 is 0. The molecule has 0 saturated heterocycles. The van der Waals surface area contributed by atoms with Gasteiger partial charge in [0, 0.05) is 19.1 Å². The van der Waals surface area contributed by atoms with E-state index >= 15 is 0 Å². The van der Waals surface area contributed by atoms with E-state index in [-0.39, 0.29) is 0 Å². The average molecular weight is 417 g/mol. The fraction of sp³-hybridized carbons (Fsp3) is 0.560. The predicted octanol–water partition coefficient (Wildman–Crippen LogP) is 4.14. The molecule has 1 aromatic heterocycles. The Kier molecular flexibility index (Phi) is 5.10. The van der Waals surface area contributed by atoms with E-state index in [2.05, 4.69) is 58.7 Å². The second-order valence-corrected chi connectivity index (χ2v) is 10.2. The van der Waals surface area contributed by atoms with Gasteiger partial charge in [0.05, 0.1) is 6.20 Å². The van der Waals surface area contributed by atoms with Gasteiger partial charge in [-0.3, -0.25) is 0 Å². The molecule has 4 N–H and O–H groups in total. The van der Waals surface area contributed by atoms with Crippen molar-refractivity contribution in [3.05, 3.63) is 46.6 Å². The SMILES string of the molecule is Cc1cccc(C)c1CNc1ncc(C#N)c(NCC23CC4C[C@H](C2)C(N)[C@@H](C4)C3)n1. The van der Waals surface area contributed by atoms with Gasteiger partial charge in [-0.2, -0.15) is 10.2 Å². The lowest BCUT2D eigenvalue weighted by Crippen LogP contribution is -2.58. The molecule has 0 amide bonds. The number of benzene rings is 1. The van der Waals surface area contributed by atoms with E-state index in [1.54, 1.807) is 6.20 Å². The van der Waals surface area contributed by atoms with Crippen LogP contribution in [0.1, 0.15) is 54.4 Å². The van der Waals surface area contributed by atoms with Crippen LogP contribution in [0.3, 0.4) is 0 Å². The molecule has 6 rings (SSSR count). The molecule has 5 atom stereocenters. The van der Waals surface area contributed by atoms with Crippen LogP contribution >= 0.6 is 0 Å². The van der Waals surface area contributed by atoms with Crippen LogP contribution < -0.4 is 16.4 Å². The number of nitrogens with zero attached hydrogens (tertiary/aromatic N) is 3. The summed E-state index contributed by atoms with van der Waals surface area (Å²) in [6.07, 6.45) is 7.94. The molecule has 2 aromatic rings. The minimum Gasteiger partial charge on any atom is -0.368 e. The summed E-state index contributed by atoms with van der Waals surface area (Å²) in [6, 6.07) is 8.95. The molecule has 4 aliphatic rings. The van der Waals surface area contributed by atoms with E-state index in [1.807, 2.05) is 0 Å². The molecule has 4 saturated carbocycles. The molecular formula is C25H32N6. The van der Waals surface area contributed by atoms with Crippen LogP contribution in [-0.4, -0.2) is 22.6 Å². The van der Waals surface area contributed by atoms with E-state index in [4.69, 9.17) is 5.73 Å². The fourth-order valence-corrected chi connectivity index (χ4v) is 6.70. The van der Waals surface area contributed by atoms with E-state index in [1.165, 1.54) is 48.8 Å². The van der Waals surface area contributed by atoms with Gasteiger partial charge in [-0.1, -0.05) is 18.2 Å². The normalized spacial score (nSPS) is 30.8. The van der Waals surface area contributed by atoms with Crippen molar-refractivity contribution in [3.8, 4) is 6.07 Å². The lowest BCUT2D eigenvalue weighted by molar-refractivity contribution is -0.0591. The summed E-state index contributed by atoms with van der Waals surface area (Å²) in [4.78, 5) is 9.04. The van der Waals surface area contributed by atoms with E-state index in [0.29, 0.717) is 47.2 Å². The highest BCUT2D eigenvalue weighted by molar-refractivity contribution is 5.53. The maximum Gasteiger partial charge on any atom is 0.224 e. The van der Waals surface area contributed by atoms with E-state index in [0.717, 1.165) is 12.5 Å². The Morgan fingerprint density at radius 2 is 1.84 bits per heavy atom. The minimum absolute atomic E-state index is 0.301. The first-order chi connectivity index (χ1) is 15.0. The zero-order chi connectivity index (χ0) is 21.6. The topological polar surface area (TPSA) is 99.7 Å². The molecule has 4 fully saturated rings. The number of nitrogens with two attached hydrogens (primary N) is 1. The van der Waals surface area contributed by atoms with Gasteiger partial charge in [0.1, 0.15) is 17.5 Å². The van der Waals surface area contributed by atoms with E-state index in [9.17, 15) is 5.26 Å². The third-order valence-corrected chi connectivity index (χ3v) is 8.08. The highest BCUT2D eigenvalue weighted by Crippen LogP contribution is 2.59. The Morgan fingerprint density at radius 3 is 2.52 bits per heavy atom. The second-order valence-electron chi connectivity index (χ2n) is 10.2. The van der Waals surface area contributed by atoms with Crippen LogP contribution in [0.15, 0.2) is 24.4 Å². The molecule has 0 spiro atoms. The molecule has 1 aromatic carbocycles. The Bertz CT molecular complexity index is 989. The molecular weight excluding hydrogens is 384 g/mol. The van der Waals surface area contributed by atoms with Crippen LogP contribution in [0, 0.1) is 48.3 Å². The monoisotopic (exact) mass is 416 g/mol. The smallest absolute Gasteiger partial charge is 0.224 e. The van der Waals surface area contributed by atoms with Gasteiger partial charge in [-0.25, -0.2) is 4.98 Å². The summed E-state index contributed by atoms with van der Waals surface area (Å²) in [5.41, 5.74) is 11.1. The first kappa shape index (κ1) is 20.3. The highest BCUT2D eigenvalue weighted by Gasteiger charge is 2.54. The third-order valence-electron chi connectivity index (χ3n) is 8.08. The molecule has 4 aliphatic carbocycles. The average Bonchev–Trinajstić information content (AvgIpc) is 2.75. The van der Waals surface area contributed by atoms with E-state index < -0.39 is 0 Å². The lowest BCUT2D eigenvalue weighted by atomic mass is 9.48. The lowest BCUT2D eigenvalue weighted by Gasteiger charge is -2.59. The number of aromatic nitrogens is 2. The van der Waals surface area contributed by atoms with Crippen LogP contribution in [0.25, 0.3) is 0 Å². The number of hydrogen-bond acceptors (Lipinski definition) is 6. The number of nitriles is 1. The van der Waals surface area contributed by atoms with Gasteiger partial charge < -0.3 is 16.4 Å². The Morgan fingerprint density at radius 1 is 1.13 bits per heavy atom. The van der Waals surface area contributed by atoms with Gasteiger partial charge in [0.2, 0.25) is 5.95 Å². The Balaban J connectivity index is 1.30. The first-order valence-corrected chi connectivity index (χ1v) is 11.5. The summed E-state index contributed by atoms with van der Waals surface area (Å²) >= 11 is 0. The molecule has 31 heavy (non-hydrogen) atoms. The molecule has 3 unspecified atom stereocenters. The standard InChI is InChI=1S/C25H32N6/c1-15-4-3-5-16(2)21(15)13-29-24-28-12-20(11-26)23(31-24)30-14-25-8-17-6-18(9-25)22(27)19(7-17)10-25/h3-5,12,17-19,22H,6-10,13-14,27H2,1-2H3,(H2,28,29,30,31)/t17?,18-,19+,22?,25?. The number of hydrogen-bond donors (Lipinski definition) is 3. The van der Waals surface area contributed by atoms with Gasteiger partial charge >= 0.3 is 0 Å². The van der Waals surface area contributed by atoms with Crippen molar-refractivity contribution in [2.75, 3.05) is 17.2 Å². The molecule has 6 heteroatoms. The zero-order valence-corrected chi connectivity index (χ0v) is 18.5. The van der Waals surface area contributed by atoms with Crippen molar-refractivity contribution in [2.45, 2.75) is 58.5 Å². The van der Waals surface area contributed by atoms with Crippen LogP contribution in [-0.2, 0) is 6.54 Å². The minimum atomic E-state index is 0.301. The maximum atomic E-state index is 9.58. The van der Waals surface area contributed by atoms with Crippen LogP contribution in [0.4, 0.5) is 11.8 Å². The number of aryl methyl sites for hydroxylation is 2. The summed E-state index contributed by atoms with van der Waals surface area (Å²) in [7, 11) is 0. The Labute approximate surface area is 184 Å². The number of nitrogens with one attached hydrogen (secondary N) is 2. The van der Waals surface area contributed by atoms with Crippen molar-refractivity contribution in [1.82, 2.24) is 9.97 Å². The number of rotatable bonds is 6. The molecule has 1 heterocycles. The molecule has 4 bridgehead atoms. The van der Waals surface area contributed by atoms with Crippen LogP contribution in [0.2, 0.25) is 0 Å².